The molecular weight excluding hydrogens is 236 g/mol. The van der Waals surface area contributed by atoms with E-state index in [4.69, 9.17) is 4.74 Å². The Balaban J connectivity index is 1.70. The van der Waals surface area contributed by atoms with Crippen LogP contribution in [-0.2, 0) is 0 Å². The molecule has 2 heterocycles. The molecule has 0 radical (unpaired) electrons. The first-order valence-electron chi connectivity index (χ1n) is 6.64. The first-order chi connectivity index (χ1) is 9.38. The Bertz CT molecular complexity index is 592. The predicted molar refractivity (Wildman–Crippen MR) is 78.0 cm³/mol. The monoisotopic (exact) mass is 252 g/mol. The fraction of sp³-hybridized carbons (Fsp3) is 0.250. The molecule has 0 spiro atoms. The molecule has 0 aromatic heterocycles. The third-order valence-corrected chi connectivity index (χ3v) is 3.21. The highest BCUT2D eigenvalue weighted by Gasteiger charge is 2.20. The highest BCUT2D eigenvalue weighted by atomic mass is 16.5. The summed E-state index contributed by atoms with van der Waals surface area (Å²) in [4.78, 5) is 8.60. The number of allylic oxidation sites excluding steroid dienone is 2. The first-order valence-corrected chi connectivity index (χ1v) is 6.64. The van der Waals surface area contributed by atoms with E-state index >= 15 is 0 Å². The molecule has 0 atom stereocenters. The van der Waals surface area contributed by atoms with Crippen LogP contribution in [0.4, 0.5) is 0 Å². The van der Waals surface area contributed by atoms with Crippen LogP contribution in [0.2, 0.25) is 0 Å². The van der Waals surface area contributed by atoms with E-state index in [0.29, 0.717) is 0 Å². The zero-order valence-electron chi connectivity index (χ0n) is 11.0. The van der Waals surface area contributed by atoms with Gasteiger partial charge in [-0.25, -0.2) is 0 Å². The van der Waals surface area contributed by atoms with Crippen LogP contribution in [0, 0.1) is 0 Å². The van der Waals surface area contributed by atoms with Crippen molar-refractivity contribution in [1.82, 2.24) is 0 Å². The second-order valence-electron chi connectivity index (χ2n) is 4.61. The predicted octanol–water partition coefficient (Wildman–Crippen LogP) is 3.52. The number of ether oxygens (including phenoxy) is 1. The normalized spacial score (nSPS) is 15.9. The summed E-state index contributed by atoms with van der Waals surface area (Å²) in [5, 5.41) is 0. The van der Waals surface area contributed by atoms with Crippen molar-refractivity contribution < 1.29 is 4.74 Å². The lowest BCUT2D eigenvalue weighted by Gasteiger charge is -2.07. The molecule has 96 valence electrons. The van der Waals surface area contributed by atoms with Crippen molar-refractivity contribution in [3.63, 3.8) is 0 Å². The molecule has 0 amide bonds. The van der Waals surface area contributed by atoms with Gasteiger partial charge < -0.3 is 4.74 Å². The van der Waals surface area contributed by atoms with Gasteiger partial charge in [0.25, 0.3) is 0 Å². The van der Waals surface area contributed by atoms with Gasteiger partial charge in [0.15, 0.2) is 0 Å². The quantitative estimate of drug-likeness (QED) is 0.738. The Kier molecular flexibility index (Phi) is 3.27. The minimum atomic E-state index is 0.779. The van der Waals surface area contributed by atoms with Crippen LogP contribution in [-0.4, -0.2) is 18.5 Å². The van der Waals surface area contributed by atoms with Crippen molar-refractivity contribution in [2.75, 3.05) is 6.61 Å². The highest BCUT2D eigenvalue weighted by molar-refractivity contribution is 6.22. The van der Waals surface area contributed by atoms with Gasteiger partial charge in [0, 0.05) is 35.3 Å². The summed E-state index contributed by atoms with van der Waals surface area (Å²) in [7, 11) is 0. The Morgan fingerprint density at radius 2 is 1.95 bits per heavy atom. The number of hydrogen-bond donors (Lipinski definition) is 0. The minimum absolute atomic E-state index is 0.779. The van der Waals surface area contributed by atoms with Crippen molar-refractivity contribution in [2.45, 2.75) is 19.8 Å². The molecule has 2 aliphatic rings. The fourth-order valence-corrected chi connectivity index (χ4v) is 2.11. The molecule has 19 heavy (non-hydrogen) atoms. The molecule has 0 bridgehead atoms. The van der Waals surface area contributed by atoms with E-state index in [9.17, 15) is 0 Å². The molecule has 3 heteroatoms. The van der Waals surface area contributed by atoms with Crippen molar-refractivity contribution in [3.8, 4) is 5.75 Å². The van der Waals surface area contributed by atoms with Gasteiger partial charge in [-0.1, -0.05) is 13.3 Å². The van der Waals surface area contributed by atoms with E-state index in [-0.39, 0.29) is 0 Å². The van der Waals surface area contributed by atoms with Crippen LogP contribution in [0.5, 0.6) is 5.75 Å². The number of benzene rings is 1. The van der Waals surface area contributed by atoms with Crippen LogP contribution >= 0.6 is 0 Å². The summed E-state index contributed by atoms with van der Waals surface area (Å²) in [6.07, 6.45) is 7.81. The summed E-state index contributed by atoms with van der Waals surface area (Å²) in [5.74, 6) is 0.917. The van der Waals surface area contributed by atoms with Crippen molar-refractivity contribution in [3.05, 3.63) is 53.4 Å². The van der Waals surface area contributed by atoms with Crippen LogP contribution in [0.25, 0.3) is 0 Å². The smallest absolute Gasteiger partial charge is 0.119 e. The number of nitrogens with zero attached hydrogens (tertiary/aromatic N) is 2. The van der Waals surface area contributed by atoms with E-state index in [0.717, 1.165) is 47.6 Å². The lowest BCUT2D eigenvalue weighted by atomic mass is 10.0. The second kappa shape index (κ2) is 5.22. The van der Waals surface area contributed by atoms with Crippen molar-refractivity contribution in [2.24, 2.45) is 9.98 Å². The largest absolute Gasteiger partial charge is 0.494 e. The van der Waals surface area contributed by atoms with Gasteiger partial charge in [-0.2, -0.15) is 0 Å². The topological polar surface area (TPSA) is 34.0 Å². The van der Waals surface area contributed by atoms with Crippen LogP contribution in [0.3, 0.4) is 0 Å². The maximum Gasteiger partial charge on any atom is 0.119 e. The summed E-state index contributed by atoms with van der Waals surface area (Å²) in [5.41, 5.74) is 4.30. The lowest BCUT2D eigenvalue weighted by Crippen LogP contribution is -2.02. The number of hydrogen-bond acceptors (Lipinski definition) is 3. The molecule has 3 nitrogen and oxygen atoms in total. The molecule has 0 saturated carbocycles. The van der Waals surface area contributed by atoms with Gasteiger partial charge >= 0.3 is 0 Å². The molecule has 2 aliphatic heterocycles. The Hall–Kier alpha value is -2.16. The Labute approximate surface area is 113 Å². The summed E-state index contributed by atoms with van der Waals surface area (Å²) in [6, 6.07) is 8.11. The third-order valence-electron chi connectivity index (χ3n) is 3.21. The van der Waals surface area contributed by atoms with Crippen LogP contribution in [0.15, 0.2) is 57.8 Å². The van der Waals surface area contributed by atoms with Crippen LogP contribution in [0.1, 0.15) is 25.3 Å². The second-order valence-corrected chi connectivity index (χ2v) is 4.61. The van der Waals surface area contributed by atoms with E-state index in [1.165, 1.54) is 0 Å². The lowest BCUT2D eigenvalue weighted by molar-refractivity contribution is 0.309. The zero-order valence-corrected chi connectivity index (χ0v) is 11.0. The molecule has 3 rings (SSSR count). The van der Waals surface area contributed by atoms with E-state index < -0.39 is 0 Å². The first kappa shape index (κ1) is 11.9. The summed E-state index contributed by atoms with van der Waals surface area (Å²) < 4.78 is 5.66. The number of rotatable bonds is 5. The molecule has 1 aromatic rings. The van der Waals surface area contributed by atoms with Gasteiger partial charge in [0.1, 0.15) is 5.75 Å². The van der Waals surface area contributed by atoms with Gasteiger partial charge in [-0.15, -0.1) is 0 Å². The minimum Gasteiger partial charge on any atom is -0.494 e. The van der Waals surface area contributed by atoms with Crippen molar-refractivity contribution >= 4 is 11.9 Å². The van der Waals surface area contributed by atoms with Crippen LogP contribution < -0.4 is 4.74 Å². The summed E-state index contributed by atoms with van der Waals surface area (Å²) >= 11 is 0. The Morgan fingerprint density at radius 1 is 1.11 bits per heavy atom. The van der Waals surface area contributed by atoms with Gasteiger partial charge in [-0.05, 0) is 30.7 Å². The number of unbranched alkanes of at least 4 members (excludes halogenated alkanes) is 1. The molecule has 1 aromatic carbocycles. The fourth-order valence-electron chi connectivity index (χ4n) is 2.11. The van der Waals surface area contributed by atoms with Gasteiger partial charge in [-0.3, -0.25) is 9.98 Å². The molecule has 0 saturated heterocycles. The van der Waals surface area contributed by atoms with E-state index in [2.05, 4.69) is 29.0 Å². The highest BCUT2D eigenvalue weighted by Crippen LogP contribution is 2.26. The molecule has 0 unspecified atom stereocenters. The van der Waals surface area contributed by atoms with Gasteiger partial charge in [0.05, 0.1) is 12.3 Å². The van der Waals surface area contributed by atoms with E-state index in [1.54, 1.807) is 0 Å². The third kappa shape index (κ3) is 2.36. The molecular formula is C16H16N2O. The molecule has 0 aliphatic carbocycles. The maximum absolute atomic E-state index is 5.66. The average Bonchev–Trinajstić information content (AvgIpc) is 3.02. The average molecular weight is 252 g/mol. The SMILES string of the molecule is CCCCOc1ccc(C2=NC=C3C=NC=C32)cc1. The molecule has 0 N–H and O–H groups in total. The Morgan fingerprint density at radius 3 is 2.74 bits per heavy atom. The standard InChI is InChI=1S/C16H16N2O/c1-2-3-8-19-14-6-4-12(5-7-14)16-15-11-17-9-13(15)10-18-16/h4-7,9-11H,2-3,8H2,1H3. The van der Waals surface area contributed by atoms with E-state index in [1.807, 2.05) is 30.7 Å². The number of aliphatic imine (C=N–C) groups is 2. The summed E-state index contributed by atoms with van der Waals surface area (Å²) in [6.45, 7) is 2.94. The maximum atomic E-state index is 5.66. The number of fused-ring (bicyclic) bond motifs is 1. The zero-order chi connectivity index (χ0) is 13.1. The van der Waals surface area contributed by atoms with Crippen molar-refractivity contribution in [1.29, 1.82) is 0 Å². The molecule has 0 fully saturated rings. The van der Waals surface area contributed by atoms with Gasteiger partial charge in [0.2, 0.25) is 0 Å².